The summed E-state index contributed by atoms with van der Waals surface area (Å²) in [5.41, 5.74) is 9.55. The molecule has 2 aliphatic rings. The Balaban J connectivity index is 1.51. The molecule has 2 aromatic heterocycles. The molecule has 1 saturated carbocycles. The van der Waals surface area contributed by atoms with Crippen molar-refractivity contribution in [2.45, 2.75) is 45.6 Å². The first-order valence-corrected chi connectivity index (χ1v) is 9.45. The first-order valence-electron chi connectivity index (χ1n) is 9.45. The maximum Gasteiger partial charge on any atom is 0.273 e. The normalized spacial score (nSPS) is 25.2. The van der Waals surface area contributed by atoms with E-state index in [1.54, 1.807) is 11.7 Å². The van der Waals surface area contributed by atoms with E-state index in [2.05, 4.69) is 10.1 Å². The van der Waals surface area contributed by atoms with Crippen molar-refractivity contribution in [3.8, 4) is 0 Å². The van der Waals surface area contributed by atoms with E-state index in [-0.39, 0.29) is 17.5 Å². The number of aromatic amines is 1. The number of aromatic nitrogens is 3. The van der Waals surface area contributed by atoms with Crippen molar-refractivity contribution < 1.29 is 4.79 Å². The van der Waals surface area contributed by atoms with Gasteiger partial charge in [-0.3, -0.25) is 19.4 Å². The lowest BCUT2D eigenvalue weighted by Gasteiger charge is -2.19. The standard InChI is InChI=1S/C19H27N5O2/c1-10-13(11(2)21-18-17(10)19(26)22-23(18)3)5-7-16(25)24-8-12-4-6-15(20)14(12)9-24/h12,14-15H,4-9,20H2,1-3H3,(H,22,26). The number of likely N-dealkylation sites (tertiary alicyclic amines) is 1. The van der Waals surface area contributed by atoms with Crippen molar-refractivity contribution in [1.82, 2.24) is 19.7 Å². The third kappa shape index (κ3) is 2.65. The summed E-state index contributed by atoms with van der Waals surface area (Å²) in [6.45, 7) is 5.55. The Labute approximate surface area is 152 Å². The summed E-state index contributed by atoms with van der Waals surface area (Å²) in [7, 11) is 1.79. The average molecular weight is 357 g/mol. The van der Waals surface area contributed by atoms with Crippen LogP contribution in [0.4, 0.5) is 0 Å². The highest BCUT2D eigenvalue weighted by Crippen LogP contribution is 2.37. The second-order valence-electron chi connectivity index (χ2n) is 7.96. The van der Waals surface area contributed by atoms with E-state index in [4.69, 9.17) is 5.73 Å². The van der Waals surface area contributed by atoms with Crippen LogP contribution in [0.3, 0.4) is 0 Å². The predicted octanol–water partition coefficient (Wildman–Crippen LogP) is 1.01. The molecule has 1 amide bonds. The molecule has 0 aromatic carbocycles. The molecule has 7 heteroatoms. The molecule has 3 N–H and O–H groups in total. The first kappa shape index (κ1) is 17.3. The molecular weight excluding hydrogens is 330 g/mol. The largest absolute Gasteiger partial charge is 0.342 e. The van der Waals surface area contributed by atoms with Gasteiger partial charge in [0, 0.05) is 38.3 Å². The SMILES string of the molecule is Cc1nc2c(c(C)c1CCC(=O)N1CC3CCC(N)C3C1)c(=O)[nH]n2C. The van der Waals surface area contributed by atoms with E-state index in [0.717, 1.165) is 42.8 Å². The molecule has 1 aliphatic heterocycles. The fourth-order valence-electron chi connectivity index (χ4n) is 4.92. The summed E-state index contributed by atoms with van der Waals surface area (Å²) in [6.07, 6.45) is 3.30. The van der Waals surface area contributed by atoms with Gasteiger partial charge in [-0.1, -0.05) is 0 Å². The minimum atomic E-state index is -0.124. The van der Waals surface area contributed by atoms with Crippen LogP contribution in [0.5, 0.6) is 0 Å². The Morgan fingerprint density at radius 2 is 2.08 bits per heavy atom. The lowest BCUT2D eigenvalue weighted by Crippen LogP contribution is -2.33. The Bertz CT molecular complexity index is 928. The molecule has 140 valence electrons. The number of hydrogen-bond acceptors (Lipinski definition) is 4. The molecule has 3 heterocycles. The first-order chi connectivity index (χ1) is 12.4. The number of fused-ring (bicyclic) bond motifs is 2. The topological polar surface area (TPSA) is 97.0 Å². The van der Waals surface area contributed by atoms with Crippen molar-refractivity contribution in [1.29, 1.82) is 0 Å². The summed E-state index contributed by atoms with van der Waals surface area (Å²) >= 11 is 0. The van der Waals surface area contributed by atoms with E-state index in [1.165, 1.54) is 0 Å². The molecule has 2 aromatic rings. The molecule has 1 saturated heterocycles. The van der Waals surface area contributed by atoms with E-state index < -0.39 is 0 Å². The Morgan fingerprint density at radius 3 is 2.81 bits per heavy atom. The number of rotatable bonds is 3. The number of nitrogens with zero attached hydrogens (tertiary/aromatic N) is 3. The lowest BCUT2D eigenvalue weighted by molar-refractivity contribution is -0.130. The van der Waals surface area contributed by atoms with Gasteiger partial charge in [-0.25, -0.2) is 4.98 Å². The summed E-state index contributed by atoms with van der Waals surface area (Å²) in [5.74, 6) is 1.24. The van der Waals surface area contributed by atoms with Crippen LogP contribution in [0.25, 0.3) is 11.0 Å². The molecule has 4 rings (SSSR count). The fourth-order valence-corrected chi connectivity index (χ4v) is 4.92. The highest BCUT2D eigenvalue weighted by molar-refractivity contribution is 5.81. The van der Waals surface area contributed by atoms with Crippen LogP contribution in [0.1, 0.15) is 36.1 Å². The maximum atomic E-state index is 12.7. The van der Waals surface area contributed by atoms with Gasteiger partial charge in [0.2, 0.25) is 5.91 Å². The fraction of sp³-hybridized carbons (Fsp3) is 0.632. The van der Waals surface area contributed by atoms with Gasteiger partial charge in [-0.2, -0.15) is 0 Å². The molecule has 7 nitrogen and oxygen atoms in total. The maximum absolute atomic E-state index is 12.7. The van der Waals surface area contributed by atoms with E-state index in [0.29, 0.717) is 35.7 Å². The van der Waals surface area contributed by atoms with Gasteiger partial charge in [-0.05, 0) is 56.1 Å². The van der Waals surface area contributed by atoms with Crippen molar-refractivity contribution in [3.63, 3.8) is 0 Å². The zero-order chi connectivity index (χ0) is 18.6. The van der Waals surface area contributed by atoms with E-state index in [9.17, 15) is 9.59 Å². The molecule has 3 unspecified atom stereocenters. The Morgan fingerprint density at radius 1 is 1.31 bits per heavy atom. The number of amides is 1. The second kappa shape index (κ2) is 6.23. The lowest BCUT2D eigenvalue weighted by atomic mass is 9.98. The monoisotopic (exact) mass is 357 g/mol. The van der Waals surface area contributed by atoms with Gasteiger partial charge in [0.05, 0.1) is 5.39 Å². The van der Waals surface area contributed by atoms with Gasteiger partial charge < -0.3 is 10.6 Å². The number of nitrogens with one attached hydrogen (secondary N) is 1. The van der Waals surface area contributed by atoms with Crippen molar-refractivity contribution in [3.05, 3.63) is 27.2 Å². The van der Waals surface area contributed by atoms with Crippen LogP contribution in [-0.4, -0.2) is 44.7 Å². The van der Waals surface area contributed by atoms with Gasteiger partial charge >= 0.3 is 0 Å². The third-order valence-electron chi connectivity index (χ3n) is 6.43. The van der Waals surface area contributed by atoms with Gasteiger partial charge in [-0.15, -0.1) is 0 Å². The molecule has 2 fully saturated rings. The number of aryl methyl sites for hydroxylation is 3. The number of carbonyl (C=O) groups excluding carboxylic acids is 1. The molecule has 3 atom stereocenters. The molecular formula is C19H27N5O2. The zero-order valence-corrected chi connectivity index (χ0v) is 15.7. The van der Waals surface area contributed by atoms with Crippen LogP contribution in [0, 0.1) is 25.7 Å². The van der Waals surface area contributed by atoms with E-state index >= 15 is 0 Å². The minimum absolute atomic E-state index is 0.124. The average Bonchev–Trinajstić information content (AvgIpc) is 3.23. The second-order valence-corrected chi connectivity index (χ2v) is 7.96. The summed E-state index contributed by atoms with van der Waals surface area (Å²) in [6, 6.07) is 0.249. The molecule has 0 bridgehead atoms. The Kier molecular flexibility index (Phi) is 4.14. The molecule has 1 aliphatic carbocycles. The van der Waals surface area contributed by atoms with Crippen LogP contribution >= 0.6 is 0 Å². The number of pyridine rings is 1. The zero-order valence-electron chi connectivity index (χ0n) is 15.7. The quantitative estimate of drug-likeness (QED) is 0.857. The smallest absolute Gasteiger partial charge is 0.273 e. The summed E-state index contributed by atoms with van der Waals surface area (Å²) in [4.78, 5) is 31.4. The number of nitrogens with two attached hydrogens (primary N) is 1. The van der Waals surface area contributed by atoms with Gasteiger partial charge in [0.25, 0.3) is 5.56 Å². The van der Waals surface area contributed by atoms with Crippen LogP contribution in [-0.2, 0) is 18.3 Å². The minimum Gasteiger partial charge on any atom is -0.342 e. The Hall–Kier alpha value is -2.15. The predicted molar refractivity (Wildman–Crippen MR) is 99.9 cm³/mol. The van der Waals surface area contributed by atoms with Crippen LogP contribution in [0.15, 0.2) is 4.79 Å². The number of hydrogen-bond donors (Lipinski definition) is 2. The van der Waals surface area contributed by atoms with Crippen molar-refractivity contribution in [2.24, 2.45) is 24.6 Å². The highest BCUT2D eigenvalue weighted by Gasteiger charge is 2.42. The molecule has 0 radical (unpaired) electrons. The number of H-pyrrole nitrogens is 1. The van der Waals surface area contributed by atoms with Gasteiger partial charge in [0.1, 0.15) is 0 Å². The molecule has 0 spiro atoms. The van der Waals surface area contributed by atoms with Crippen molar-refractivity contribution >= 4 is 16.9 Å². The summed E-state index contributed by atoms with van der Waals surface area (Å²) in [5, 5.41) is 3.39. The number of carbonyl (C=O) groups is 1. The molecule has 26 heavy (non-hydrogen) atoms. The van der Waals surface area contributed by atoms with Crippen LogP contribution < -0.4 is 11.3 Å². The highest BCUT2D eigenvalue weighted by atomic mass is 16.2. The van der Waals surface area contributed by atoms with Crippen LogP contribution in [0.2, 0.25) is 0 Å². The summed E-state index contributed by atoms with van der Waals surface area (Å²) < 4.78 is 1.65. The van der Waals surface area contributed by atoms with Crippen molar-refractivity contribution in [2.75, 3.05) is 13.1 Å². The van der Waals surface area contributed by atoms with Gasteiger partial charge in [0.15, 0.2) is 5.65 Å². The van der Waals surface area contributed by atoms with E-state index in [1.807, 2.05) is 18.7 Å². The third-order valence-corrected chi connectivity index (χ3v) is 6.43.